The minimum absolute atomic E-state index is 0.0251. The molecule has 1 atom stereocenters. The Morgan fingerprint density at radius 1 is 1.05 bits per heavy atom. The number of hydrogen-bond donors (Lipinski definition) is 1. The van der Waals surface area contributed by atoms with E-state index in [1.165, 1.54) is 0 Å². The van der Waals surface area contributed by atoms with Crippen LogP contribution in [-0.4, -0.2) is 19.6 Å². The van der Waals surface area contributed by atoms with Crippen LogP contribution in [0.1, 0.15) is 11.6 Å². The summed E-state index contributed by atoms with van der Waals surface area (Å²) in [5.41, 5.74) is 0.955. The van der Waals surface area contributed by atoms with Gasteiger partial charge >= 0.3 is 0 Å². The van der Waals surface area contributed by atoms with Crippen molar-refractivity contribution in [3.63, 3.8) is 0 Å². The van der Waals surface area contributed by atoms with Crippen molar-refractivity contribution in [3.05, 3.63) is 65.5 Å². The maximum atomic E-state index is 14.1. The zero-order valence-corrected chi connectivity index (χ0v) is 11.3. The highest BCUT2D eigenvalue weighted by molar-refractivity contribution is 5.51. The molecule has 1 fully saturated rings. The number of nitrogens with zero attached hydrogens (tertiary/aromatic N) is 1. The molecule has 1 saturated heterocycles. The Balaban J connectivity index is 2.02. The number of anilines is 1. The first-order valence-corrected chi connectivity index (χ1v) is 6.83. The standard InChI is InChI=1S/C16H15F3N2/c17-12-8-13(18)16(19)14(9-12)21-7-6-20-10-15(21)11-4-2-1-3-5-11/h1-5,8-9,15,20H,6-7,10H2. The Kier molecular flexibility index (Phi) is 3.84. The fourth-order valence-corrected chi connectivity index (χ4v) is 2.72. The first kappa shape index (κ1) is 13.9. The summed E-state index contributed by atoms with van der Waals surface area (Å²) in [5, 5.41) is 3.23. The van der Waals surface area contributed by atoms with Crippen LogP contribution in [0.15, 0.2) is 42.5 Å². The van der Waals surface area contributed by atoms with Gasteiger partial charge in [-0.15, -0.1) is 0 Å². The van der Waals surface area contributed by atoms with Gasteiger partial charge in [0, 0.05) is 31.8 Å². The van der Waals surface area contributed by atoms with E-state index in [4.69, 9.17) is 0 Å². The highest BCUT2D eigenvalue weighted by atomic mass is 19.2. The van der Waals surface area contributed by atoms with Crippen molar-refractivity contribution >= 4 is 5.69 Å². The van der Waals surface area contributed by atoms with Crippen LogP contribution in [0, 0.1) is 17.5 Å². The molecule has 3 rings (SSSR count). The predicted molar refractivity (Wildman–Crippen MR) is 75.7 cm³/mol. The molecular weight excluding hydrogens is 277 g/mol. The number of hydrogen-bond acceptors (Lipinski definition) is 2. The number of benzene rings is 2. The molecule has 5 heteroatoms. The average Bonchev–Trinajstić information content (AvgIpc) is 2.52. The van der Waals surface area contributed by atoms with Crippen molar-refractivity contribution in [2.24, 2.45) is 0 Å². The predicted octanol–water partition coefficient (Wildman–Crippen LogP) is 3.25. The molecule has 1 aliphatic rings. The molecule has 2 nitrogen and oxygen atoms in total. The van der Waals surface area contributed by atoms with Crippen LogP contribution in [-0.2, 0) is 0 Å². The summed E-state index contributed by atoms with van der Waals surface area (Å²) in [6.07, 6.45) is 0. The summed E-state index contributed by atoms with van der Waals surface area (Å²) >= 11 is 0. The molecule has 1 heterocycles. The summed E-state index contributed by atoms with van der Waals surface area (Å²) in [6.45, 7) is 1.72. The summed E-state index contributed by atoms with van der Waals surface area (Å²) in [7, 11) is 0. The Morgan fingerprint density at radius 2 is 1.81 bits per heavy atom. The third-order valence-electron chi connectivity index (χ3n) is 3.71. The van der Waals surface area contributed by atoms with Crippen molar-refractivity contribution in [2.45, 2.75) is 6.04 Å². The van der Waals surface area contributed by atoms with Crippen molar-refractivity contribution in [2.75, 3.05) is 24.5 Å². The Morgan fingerprint density at radius 3 is 2.57 bits per heavy atom. The molecule has 0 spiro atoms. The van der Waals surface area contributed by atoms with E-state index in [2.05, 4.69) is 5.32 Å². The Labute approximate surface area is 121 Å². The van der Waals surface area contributed by atoms with Gasteiger partial charge in [0.25, 0.3) is 0 Å². The molecule has 2 aromatic rings. The van der Waals surface area contributed by atoms with E-state index in [1.807, 2.05) is 30.3 Å². The molecular formula is C16H15F3N2. The fourth-order valence-electron chi connectivity index (χ4n) is 2.72. The molecule has 0 amide bonds. The third-order valence-corrected chi connectivity index (χ3v) is 3.71. The average molecular weight is 292 g/mol. The molecule has 1 N–H and O–H groups in total. The molecule has 1 aliphatic heterocycles. The molecule has 110 valence electrons. The van der Waals surface area contributed by atoms with Gasteiger partial charge in [0.2, 0.25) is 0 Å². The smallest absolute Gasteiger partial charge is 0.182 e. The van der Waals surface area contributed by atoms with Gasteiger partial charge in [-0.05, 0) is 5.56 Å². The second-order valence-corrected chi connectivity index (χ2v) is 5.04. The van der Waals surface area contributed by atoms with Gasteiger partial charge in [0.1, 0.15) is 5.82 Å². The van der Waals surface area contributed by atoms with Gasteiger partial charge < -0.3 is 10.2 Å². The normalized spacial score (nSPS) is 18.8. The van der Waals surface area contributed by atoms with Crippen LogP contribution >= 0.6 is 0 Å². The largest absolute Gasteiger partial charge is 0.359 e. The first-order valence-electron chi connectivity index (χ1n) is 6.83. The third kappa shape index (κ3) is 2.74. The number of piperazine rings is 1. The molecule has 0 saturated carbocycles. The van der Waals surface area contributed by atoms with Crippen molar-refractivity contribution in [3.8, 4) is 0 Å². The maximum Gasteiger partial charge on any atom is 0.182 e. The van der Waals surface area contributed by atoms with E-state index < -0.39 is 17.5 Å². The Hall–Kier alpha value is -2.01. The van der Waals surface area contributed by atoms with Crippen LogP contribution in [0.4, 0.5) is 18.9 Å². The Bertz CT molecular complexity index is 631. The zero-order chi connectivity index (χ0) is 14.8. The maximum absolute atomic E-state index is 14.1. The SMILES string of the molecule is Fc1cc(F)c(F)c(N2CCNCC2c2ccccc2)c1. The van der Waals surface area contributed by atoms with Crippen LogP contribution in [0.3, 0.4) is 0 Å². The molecule has 0 bridgehead atoms. The van der Waals surface area contributed by atoms with Crippen molar-refractivity contribution in [1.29, 1.82) is 0 Å². The second kappa shape index (κ2) is 5.77. The van der Waals surface area contributed by atoms with E-state index in [-0.39, 0.29) is 11.7 Å². The summed E-state index contributed by atoms with van der Waals surface area (Å²) in [4.78, 5) is 1.72. The lowest BCUT2D eigenvalue weighted by molar-refractivity contribution is 0.458. The number of rotatable bonds is 2. The molecule has 0 radical (unpaired) electrons. The van der Waals surface area contributed by atoms with E-state index in [1.54, 1.807) is 4.90 Å². The zero-order valence-electron chi connectivity index (χ0n) is 11.3. The van der Waals surface area contributed by atoms with E-state index in [0.717, 1.165) is 11.6 Å². The monoisotopic (exact) mass is 292 g/mol. The van der Waals surface area contributed by atoms with E-state index in [9.17, 15) is 13.2 Å². The highest BCUT2D eigenvalue weighted by Crippen LogP contribution is 2.31. The van der Waals surface area contributed by atoms with E-state index in [0.29, 0.717) is 25.7 Å². The number of nitrogens with one attached hydrogen (secondary N) is 1. The quantitative estimate of drug-likeness (QED) is 0.855. The fraction of sp³-hybridized carbons (Fsp3) is 0.250. The second-order valence-electron chi connectivity index (χ2n) is 5.04. The van der Waals surface area contributed by atoms with Crippen molar-refractivity contribution in [1.82, 2.24) is 5.32 Å². The molecule has 0 aromatic heterocycles. The lowest BCUT2D eigenvalue weighted by atomic mass is 10.0. The summed E-state index contributed by atoms with van der Waals surface area (Å²) in [6, 6.07) is 11.0. The minimum Gasteiger partial charge on any atom is -0.359 e. The minimum atomic E-state index is -1.16. The summed E-state index contributed by atoms with van der Waals surface area (Å²) < 4.78 is 41.0. The molecule has 21 heavy (non-hydrogen) atoms. The van der Waals surface area contributed by atoms with Crippen LogP contribution in [0.2, 0.25) is 0 Å². The lowest BCUT2D eigenvalue weighted by Crippen LogP contribution is -2.46. The van der Waals surface area contributed by atoms with Crippen LogP contribution < -0.4 is 10.2 Å². The van der Waals surface area contributed by atoms with Crippen molar-refractivity contribution < 1.29 is 13.2 Å². The summed E-state index contributed by atoms with van der Waals surface area (Å²) in [5.74, 6) is -2.93. The van der Waals surface area contributed by atoms with Gasteiger partial charge in [0.15, 0.2) is 11.6 Å². The topological polar surface area (TPSA) is 15.3 Å². The van der Waals surface area contributed by atoms with Gasteiger partial charge in [-0.1, -0.05) is 30.3 Å². The molecule has 2 aromatic carbocycles. The van der Waals surface area contributed by atoms with Gasteiger partial charge in [-0.3, -0.25) is 0 Å². The van der Waals surface area contributed by atoms with Crippen LogP contribution in [0.25, 0.3) is 0 Å². The lowest BCUT2D eigenvalue weighted by Gasteiger charge is -2.38. The van der Waals surface area contributed by atoms with Gasteiger partial charge in [0.05, 0.1) is 11.7 Å². The molecule has 1 unspecified atom stereocenters. The molecule has 0 aliphatic carbocycles. The van der Waals surface area contributed by atoms with E-state index >= 15 is 0 Å². The van der Waals surface area contributed by atoms with Gasteiger partial charge in [-0.25, -0.2) is 13.2 Å². The van der Waals surface area contributed by atoms with Crippen LogP contribution in [0.5, 0.6) is 0 Å². The number of halogens is 3. The van der Waals surface area contributed by atoms with Gasteiger partial charge in [-0.2, -0.15) is 0 Å². The highest BCUT2D eigenvalue weighted by Gasteiger charge is 2.27. The first-order chi connectivity index (χ1) is 10.2.